The number of aromatic amines is 1. The predicted molar refractivity (Wildman–Crippen MR) is 94.3 cm³/mol. The van der Waals surface area contributed by atoms with Crippen LogP contribution in [-0.2, 0) is 5.54 Å². The summed E-state index contributed by atoms with van der Waals surface area (Å²) in [7, 11) is 0. The Balaban J connectivity index is 2.07. The lowest BCUT2D eigenvalue weighted by atomic mass is 10.1. The highest BCUT2D eigenvalue weighted by Gasteiger charge is 2.20. The van der Waals surface area contributed by atoms with E-state index in [0.29, 0.717) is 11.3 Å². The van der Waals surface area contributed by atoms with Crippen LogP contribution in [0.15, 0.2) is 23.3 Å². The maximum Gasteiger partial charge on any atom is 0.319 e. The number of nitrogens with one attached hydrogen (secondary N) is 3. The Bertz CT molecular complexity index is 798. The molecule has 0 aliphatic rings. The second-order valence-electron chi connectivity index (χ2n) is 7.01. The molecule has 0 unspecified atom stereocenters. The number of hydrogen-bond acceptors (Lipinski definition) is 3. The molecule has 0 aliphatic heterocycles. The van der Waals surface area contributed by atoms with Gasteiger partial charge in [-0.15, -0.1) is 0 Å². The van der Waals surface area contributed by atoms with E-state index >= 15 is 0 Å². The first-order valence-corrected chi connectivity index (χ1v) is 7.91. The lowest BCUT2D eigenvalue weighted by molar-refractivity contribution is 0.249. The van der Waals surface area contributed by atoms with E-state index in [2.05, 4.69) is 41.5 Å². The number of urea groups is 1. The molecule has 0 bridgehead atoms. The van der Waals surface area contributed by atoms with Crippen molar-refractivity contribution in [3.05, 3.63) is 45.6 Å². The Kier molecular flexibility index (Phi) is 4.82. The lowest BCUT2D eigenvalue weighted by Gasteiger charge is -2.19. The number of anilines is 1. The SMILES string of the molecule is Cc1nn(C(C)(C)C)cc1[C@H](C)NC(=O)Nc1c[nH]c(=O)c(C)c1. The minimum absolute atomic E-state index is 0.113. The van der Waals surface area contributed by atoms with Gasteiger partial charge in [0.1, 0.15) is 0 Å². The fraction of sp³-hybridized carbons (Fsp3) is 0.471. The van der Waals surface area contributed by atoms with E-state index in [-0.39, 0.29) is 23.2 Å². The van der Waals surface area contributed by atoms with Gasteiger partial charge < -0.3 is 15.6 Å². The minimum Gasteiger partial charge on any atom is -0.331 e. The average Bonchev–Trinajstić information content (AvgIpc) is 2.85. The van der Waals surface area contributed by atoms with Crippen LogP contribution in [0.4, 0.5) is 10.5 Å². The highest BCUT2D eigenvalue weighted by atomic mass is 16.2. The van der Waals surface area contributed by atoms with E-state index in [1.807, 2.05) is 24.7 Å². The second-order valence-corrected chi connectivity index (χ2v) is 7.01. The quantitative estimate of drug-likeness (QED) is 0.807. The van der Waals surface area contributed by atoms with Gasteiger partial charge in [0.15, 0.2) is 0 Å². The Labute approximate surface area is 141 Å². The smallest absolute Gasteiger partial charge is 0.319 e. The van der Waals surface area contributed by atoms with Gasteiger partial charge in [0.2, 0.25) is 0 Å². The van der Waals surface area contributed by atoms with E-state index < -0.39 is 0 Å². The van der Waals surface area contributed by atoms with Gasteiger partial charge in [-0.3, -0.25) is 9.48 Å². The van der Waals surface area contributed by atoms with Crippen molar-refractivity contribution in [1.29, 1.82) is 0 Å². The Morgan fingerprint density at radius 3 is 2.54 bits per heavy atom. The van der Waals surface area contributed by atoms with E-state index in [9.17, 15) is 9.59 Å². The van der Waals surface area contributed by atoms with E-state index in [1.54, 1.807) is 13.0 Å². The molecule has 0 saturated heterocycles. The molecule has 0 saturated carbocycles. The van der Waals surface area contributed by atoms with Crippen LogP contribution < -0.4 is 16.2 Å². The zero-order valence-electron chi connectivity index (χ0n) is 15.0. The summed E-state index contributed by atoms with van der Waals surface area (Å²) in [6.45, 7) is 11.8. The van der Waals surface area contributed by atoms with Crippen LogP contribution >= 0.6 is 0 Å². The van der Waals surface area contributed by atoms with Crippen LogP contribution in [0.5, 0.6) is 0 Å². The third kappa shape index (κ3) is 4.04. The molecular formula is C17H25N5O2. The standard InChI is InChI=1S/C17H25N5O2/c1-10-7-13(8-18-15(10)23)20-16(24)19-11(2)14-9-22(17(4,5)6)21-12(14)3/h7-9,11H,1-6H3,(H,18,23)(H2,19,20,24)/t11-/m0/s1. The molecule has 7 nitrogen and oxygen atoms in total. The largest absolute Gasteiger partial charge is 0.331 e. The lowest BCUT2D eigenvalue weighted by Crippen LogP contribution is -2.31. The van der Waals surface area contributed by atoms with Gasteiger partial charge in [-0.1, -0.05) is 0 Å². The Morgan fingerprint density at radius 2 is 2.00 bits per heavy atom. The molecule has 3 N–H and O–H groups in total. The zero-order valence-corrected chi connectivity index (χ0v) is 15.0. The van der Waals surface area contributed by atoms with E-state index in [4.69, 9.17) is 0 Å². The van der Waals surface area contributed by atoms with Crippen molar-refractivity contribution in [2.24, 2.45) is 0 Å². The number of hydrogen-bond donors (Lipinski definition) is 3. The highest BCUT2D eigenvalue weighted by molar-refractivity contribution is 5.89. The normalized spacial score (nSPS) is 12.8. The van der Waals surface area contributed by atoms with E-state index in [1.165, 1.54) is 6.20 Å². The molecule has 2 amide bonds. The number of amides is 2. The number of pyridine rings is 1. The van der Waals surface area contributed by atoms with Crippen LogP contribution in [0, 0.1) is 13.8 Å². The Hall–Kier alpha value is -2.57. The van der Waals surface area contributed by atoms with Crippen LogP contribution in [0.3, 0.4) is 0 Å². The van der Waals surface area contributed by atoms with Crippen molar-refractivity contribution < 1.29 is 4.79 Å². The maximum atomic E-state index is 12.2. The van der Waals surface area contributed by atoms with Gasteiger partial charge in [-0.25, -0.2) is 4.79 Å². The topological polar surface area (TPSA) is 91.8 Å². The summed E-state index contributed by atoms with van der Waals surface area (Å²) in [6, 6.07) is 1.10. The molecule has 24 heavy (non-hydrogen) atoms. The summed E-state index contributed by atoms with van der Waals surface area (Å²) < 4.78 is 1.90. The van der Waals surface area contributed by atoms with Crippen molar-refractivity contribution in [3.8, 4) is 0 Å². The molecule has 2 aromatic heterocycles. The van der Waals surface area contributed by atoms with Crippen LogP contribution in [0.25, 0.3) is 0 Å². The monoisotopic (exact) mass is 331 g/mol. The van der Waals surface area contributed by atoms with Crippen molar-refractivity contribution in [2.75, 3.05) is 5.32 Å². The molecule has 130 valence electrons. The molecule has 0 aliphatic carbocycles. The molecule has 0 radical (unpaired) electrons. The third-order valence-corrected chi connectivity index (χ3v) is 3.79. The first-order valence-electron chi connectivity index (χ1n) is 7.91. The number of carbonyl (C=O) groups excluding carboxylic acids is 1. The molecule has 7 heteroatoms. The molecule has 1 atom stereocenters. The molecule has 2 aromatic rings. The summed E-state index contributed by atoms with van der Waals surface area (Å²) in [4.78, 5) is 26.1. The molecular weight excluding hydrogens is 306 g/mol. The summed E-state index contributed by atoms with van der Waals surface area (Å²) in [5.74, 6) is 0. The van der Waals surface area contributed by atoms with Crippen LogP contribution in [-0.4, -0.2) is 20.8 Å². The molecule has 2 heterocycles. The predicted octanol–water partition coefficient (Wildman–Crippen LogP) is 2.83. The maximum absolute atomic E-state index is 12.2. The van der Waals surface area contributed by atoms with Crippen LogP contribution in [0.2, 0.25) is 0 Å². The molecule has 2 rings (SSSR count). The number of H-pyrrole nitrogens is 1. The molecule has 0 fully saturated rings. The zero-order chi connectivity index (χ0) is 18.1. The summed E-state index contributed by atoms with van der Waals surface area (Å²) in [5, 5.41) is 10.1. The van der Waals surface area contributed by atoms with E-state index in [0.717, 1.165) is 11.3 Å². The summed E-state index contributed by atoms with van der Waals surface area (Å²) in [5.41, 5.74) is 2.66. The molecule has 0 aromatic carbocycles. The first kappa shape index (κ1) is 17.8. The second kappa shape index (κ2) is 6.51. The van der Waals surface area contributed by atoms with Crippen LogP contribution in [0.1, 0.15) is 50.6 Å². The van der Waals surface area contributed by atoms with Gasteiger partial charge in [-0.2, -0.15) is 5.10 Å². The number of aryl methyl sites for hydroxylation is 2. The van der Waals surface area contributed by atoms with Crippen molar-refractivity contribution in [2.45, 2.75) is 53.1 Å². The van der Waals surface area contributed by atoms with Gasteiger partial charge in [0.05, 0.1) is 23.0 Å². The Morgan fingerprint density at radius 1 is 1.33 bits per heavy atom. The van der Waals surface area contributed by atoms with Gasteiger partial charge in [0.25, 0.3) is 5.56 Å². The fourth-order valence-corrected chi connectivity index (χ4v) is 2.35. The van der Waals surface area contributed by atoms with Crippen molar-refractivity contribution in [1.82, 2.24) is 20.1 Å². The first-order chi connectivity index (χ1) is 11.1. The van der Waals surface area contributed by atoms with Gasteiger partial charge >= 0.3 is 6.03 Å². The van der Waals surface area contributed by atoms with Gasteiger partial charge in [-0.05, 0) is 47.6 Å². The average molecular weight is 331 g/mol. The number of nitrogens with zero attached hydrogens (tertiary/aromatic N) is 2. The third-order valence-electron chi connectivity index (χ3n) is 3.79. The number of rotatable bonds is 3. The minimum atomic E-state index is -0.336. The van der Waals surface area contributed by atoms with Crippen molar-refractivity contribution in [3.63, 3.8) is 0 Å². The summed E-state index contributed by atoms with van der Waals surface area (Å²) in [6.07, 6.45) is 3.44. The fourth-order valence-electron chi connectivity index (χ4n) is 2.35. The number of carbonyl (C=O) groups is 1. The molecule has 0 spiro atoms. The summed E-state index contributed by atoms with van der Waals surface area (Å²) >= 11 is 0. The van der Waals surface area contributed by atoms with Gasteiger partial charge in [0, 0.05) is 23.5 Å². The van der Waals surface area contributed by atoms with Crippen molar-refractivity contribution >= 4 is 11.7 Å². The highest BCUT2D eigenvalue weighted by Crippen LogP contribution is 2.21. The number of aromatic nitrogens is 3.